The number of carbonyl (C=O) groups is 2. The van der Waals surface area contributed by atoms with Gasteiger partial charge < -0.3 is 14.8 Å². The van der Waals surface area contributed by atoms with Gasteiger partial charge in [-0.2, -0.15) is 0 Å². The largest absolute Gasteiger partial charge is 0.496 e. The topological polar surface area (TPSA) is 108 Å². The quantitative estimate of drug-likeness (QED) is 0.463. The van der Waals surface area contributed by atoms with E-state index in [9.17, 15) is 19.7 Å². The van der Waals surface area contributed by atoms with Crippen molar-refractivity contribution in [1.82, 2.24) is 0 Å². The van der Waals surface area contributed by atoms with Gasteiger partial charge in [0.25, 0.3) is 11.6 Å². The summed E-state index contributed by atoms with van der Waals surface area (Å²) in [6.45, 7) is 1.21. The summed E-state index contributed by atoms with van der Waals surface area (Å²) in [6, 6.07) is 11.1. The maximum atomic E-state index is 11.9. The number of amides is 1. The Kier molecular flexibility index (Phi) is 6.26. The van der Waals surface area contributed by atoms with Crippen LogP contribution >= 0.6 is 0 Å². The van der Waals surface area contributed by atoms with Crippen LogP contribution in [-0.4, -0.2) is 30.5 Å². The average molecular weight is 358 g/mol. The monoisotopic (exact) mass is 358 g/mol. The van der Waals surface area contributed by atoms with E-state index in [0.29, 0.717) is 22.6 Å². The molecule has 0 aromatic heterocycles. The second-order valence-electron chi connectivity index (χ2n) is 5.45. The molecule has 2 rings (SSSR count). The molecule has 0 atom stereocenters. The number of hydrogen-bond donors (Lipinski definition) is 1. The van der Waals surface area contributed by atoms with E-state index in [1.165, 1.54) is 25.3 Å². The highest BCUT2D eigenvalue weighted by molar-refractivity contribution is 5.93. The smallest absolute Gasteiger partial charge is 0.310 e. The van der Waals surface area contributed by atoms with Gasteiger partial charge in [-0.25, -0.2) is 0 Å². The van der Waals surface area contributed by atoms with E-state index >= 15 is 0 Å². The highest BCUT2D eigenvalue weighted by Gasteiger charge is 2.14. The predicted molar refractivity (Wildman–Crippen MR) is 94.1 cm³/mol. The molecule has 0 fully saturated rings. The number of methoxy groups -OCH3 is 1. The Morgan fingerprint density at radius 3 is 2.62 bits per heavy atom. The van der Waals surface area contributed by atoms with E-state index in [1.807, 2.05) is 0 Å². The van der Waals surface area contributed by atoms with Crippen LogP contribution in [0.4, 0.5) is 11.4 Å². The first-order valence-corrected chi connectivity index (χ1v) is 7.73. The number of esters is 1. The number of anilines is 1. The van der Waals surface area contributed by atoms with E-state index in [4.69, 9.17) is 9.47 Å². The fraction of sp³-hybridized carbons (Fsp3) is 0.222. The minimum atomic E-state index is -0.583. The van der Waals surface area contributed by atoms with Gasteiger partial charge >= 0.3 is 5.97 Å². The lowest BCUT2D eigenvalue weighted by Gasteiger charge is -2.10. The van der Waals surface area contributed by atoms with Gasteiger partial charge in [-0.15, -0.1) is 0 Å². The van der Waals surface area contributed by atoms with Crippen LogP contribution in [0, 0.1) is 17.0 Å². The first-order valence-electron chi connectivity index (χ1n) is 7.73. The van der Waals surface area contributed by atoms with E-state index in [1.54, 1.807) is 31.2 Å². The summed E-state index contributed by atoms with van der Waals surface area (Å²) in [5.41, 5.74) is 1.46. The number of para-hydroxylation sites is 1. The van der Waals surface area contributed by atoms with Crippen molar-refractivity contribution in [3.8, 4) is 5.75 Å². The molecule has 1 N–H and O–H groups in total. The molecule has 0 spiro atoms. The first-order chi connectivity index (χ1) is 12.4. The molecular weight excluding hydrogens is 340 g/mol. The van der Waals surface area contributed by atoms with Crippen molar-refractivity contribution in [2.24, 2.45) is 0 Å². The second kappa shape index (κ2) is 8.61. The number of ether oxygens (including phenoxy) is 2. The molecule has 136 valence electrons. The molecule has 0 radical (unpaired) electrons. The minimum Gasteiger partial charge on any atom is -0.496 e. The second-order valence-corrected chi connectivity index (χ2v) is 5.45. The molecule has 2 aromatic rings. The summed E-state index contributed by atoms with van der Waals surface area (Å²) >= 11 is 0. The minimum absolute atomic E-state index is 0.0346. The van der Waals surface area contributed by atoms with Gasteiger partial charge in [0.15, 0.2) is 6.61 Å². The highest BCUT2D eigenvalue weighted by Crippen LogP contribution is 2.22. The van der Waals surface area contributed by atoms with Crippen LogP contribution in [0.1, 0.15) is 11.1 Å². The van der Waals surface area contributed by atoms with Crippen molar-refractivity contribution in [3.63, 3.8) is 0 Å². The SMILES string of the molecule is COc1ccccc1CC(=O)OCC(=O)Nc1cc([N+](=O)[O-])ccc1C. The summed E-state index contributed by atoms with van der Waals surface area (Å²) in [4.78, 5) is 34.1. The molecule has 0 unspecified atom stereocenters. The van der Waals surface area contributed by atoms with Gasteiger partial charge in [0.2, 0.25) is 0 Å². The number of aryl methyl sites for hydroxylation is 1. The fourth-order valence-electron chi connectivity index (χ4n) is 2.25. The van der Waals surface area contributed by atoms with E-state index in [-0.39, 0.29) is 12.1 Å². The molecule has 1 amide bonds. The van der Waals surface area contributed by atoms with Gasteiger partial charge in [0.05, 0.1) is 24.1 Å². The van der Waals surface area contributed by atoms with Gasteiger partial charge in [0, 0.05) is 17.7 Å². The summed E-state index contributed by atoms with van der Waals surface area (Å²) < 4.78 is 10.1. The van der Waals surface area contributed by atoms with Gasteiger partial charge in [-0.1, -0.05) is 24.3 Å². The predicted octanol–water partition coefficient (Wildman–Crippen LogP) is 2.64. The lowest BCUT2D eigenvalue weighted by molar-refractivity contribution is -0.384. The zero-order valence-electron chi connectivity index (χ0n) is 14.4. The van der Waals surface area contributed by atoms with E-state index in [2.05, 4.69) is 5.32 Å². The maximum Gasteiger partial charge on any atom is 0.310 e. The zero-order chi connectivity index (χ0) is 19.1. The van der Waals surface area contributed by atoms with Gasteiger partial charge in [-0.05, 0) is 18.6 Å². The van der Waals surface area contributed by atoms with Gasteiger partial charge in [0.1, 0.15) is 5.75 Å². The summed E-state index contributed by atoms with van der Waals surface area (Å²) in [5.74, 6) is -0.608. The molecular formula is C18H18N2O6. The van der Waals surface area contributed by atoms with Crippen molar-refractivity contribution in [3.05, 3.63) is 63.7 Å². The Morgan fingerprint density at radius 2 is 1.92 bits per heavy atom. The van der Waals surface area contributed by atoms with Crippen LogP contribution in [0.15, 0.2) is 42.5 Å². The number of benzene rings is 2. The van der Waals surface area contributed by atoms with Crippen molar-refractivity contribution in [1.29, 1.82) is 0 Å². The normalized spacial score (nSPS) is 10.1. The van der Waals surface area contributed by atoms with Crippen molar-refractivity contribution < 1.29 is 24.0 Å². The lowest BCUT2D eigenvalue weighted by atomic mass is 10.1. The van der Waals surface area contributed by atoms with E-state index in [0.717, 1.165) is 0 Å². The Bertz CT molecular complexity index is 834. The third kappa shape index (κ3) is 5.04. The number of nitro groups is 1. The van der Waals surface area contributed by atoms with Crippen LogP contribution in [0.5, 0.6) is 5.75 Å². The van der Waals surface area contributed by atoms with Crippen LogP contribution < -0.4 is 10.1 Å². The molecule has 26 heavy (non-hydrogen) atoms. The van der Waals surface area contributed by atoms with E-state index < -0.39 is 23.4 Å². The Hall–Kier alpha value is -3.42. The number of nitro benzene ring substituents is 1. The molecule has 0 aliphatic heterocycles. The first kappa shape index (κ1) is 18.9. The summed E-state index contributed by atoms with van der Waals surface area (Å²) in [7, 11) is 1.50. The zero-order valence-corrected chi connectivity index (χ0v) is 14.4. The van der Waals surface area contributed by atoms with Crippen molar-refractivity contribution in [2.75, 3.05) is 19.0 Å². The number of carbonyl (C=O) groups excluding carboxylic acids is 2. The number of nitrogens with one attached hydrogen (secondary N) is 1. The molecule has 0 aliphatic carbocycles. The highest BCUT2D eigenvalue weighted by atomic mass is 16.6. The van der Waals surface area contributed by atoms with Crippen LogP contribution in [0.3, 0.4) is 0 Å². The average Bonchev–Trinajstić information content (AvgIpc) is 2.62. The van der Waals surface area contributed by atoms with Gasteiger partial charge in [-0.3, -0.25) is 19.7 Å². The molecule has 0 heterocycles. The number of rotatable bonds is 7. The standard InChI is InChI=1S/C18H18N2O6/c1-12-7-8-14(20(23)24)10-15(12)19-17(21)11-26-18(22)9-13-5-3-4-6-16(13)25-2/h3-8,10H,9,11H2,1-2H3,(H,19,21). The Labute approximate surface area is 149 Å². The molecule has 0 bridgehead atoms. The Balaban J connectivity index is 1.91. The number of nitrogens with zero attached hydrogens (tertiary/aromatic N) is 1. The van der Waals surface area contributed by atoms with Crippen molar-refractivity contribution in [2.45, 2.75) is 13.3 Å². The summed E-state index contributed by atoms with van der Waals surface area (Å²) in [5, 5.41) is 13.3. The molecule has 0 saturated heterocycles. The molecule has 8 heteroatoms. The third-order valence-corrected chi connectivity index (χ3v) is 3.60. The van der Waals surface area contributed by atoms with Crippen LogP contribution in [0.25, 0.3) is 0 Å². The summed E-state index contributed by atoms with van der Waals surface area (Å²) in [6.07, 6.45) is -0.0346. The fourth-order valence-corrected chi connectivity index (χ4v) is 2.25. The maximum absolute atomic E-state index is 11.9. The molecule has 0 saturated carbocycles. The number of hydrogen-bond acceptors (Lipinski definition) is 6. The number of non-ortho nitro benzene ring substituents is 1. The molecule has 0 aliphatic rings. The molecule has 2 aromatic carbocycles. The Morgan fingerprint density at radius 1 is 1.19 bits per heavy atom. The van der Waals surface area contributed by atoms with Crippen LogP contribution in [-0.2, 0) is 20.7 Å². The van der Waals surface area contributed by atoms with Crippen LogP contribution in [0.2, 0.25) is 0 Å². The third-order valence-electron chi connectivity index (χ3n) is 3.60. The van der Waals surface area contributed by atoms with Crippen molar-refractivity contribution >= 4 is 23.3 Å². The molecule has 8 nitrogen and oxygen atoms in total. The lowest BCUT2D eigenvalue weighted by Crippen LogP contribution is -2.22.